The summed E-state index contributed by atoms with van der Waals surface area (Å²) in [4.78, 5) is 6.55. The number of ether oxygens (including phenoxy) is 3. The Labute approximate surface area is 141 Å². The molecule has 0 aliphatic heterocycles. The van der Waals surface area contributed by atoms with Crippen LogP contribution in [0.4, 0.5) is 8.78 Å². The van der Waals surface area contributed by atoms with Crippen molar-refractivity contribution in [2.45, 2.75) is 0 Å². The molecular formula is C14H17BrF2N2O4. The highest BCUT2D eigenvalue weighted by atomic mass is 79.9. The third-order valence-corrected chi connectivity index (χ3v) is 2.32. The van der Waals surface area contributed by atoms with Crippen LogP contribution in [0.5, 0.6) is 11.5 Å². The molecule has 2 rings (SSSR count). The first kappa shape index (κ1) is 21.2. The van der Waals surface area contributed by atoms with E-state index in [9.17, 15) is 8.78 Å². The minimum Gasteiger partial charge on any atom is -0.506 e. The number of rotatable bonds is 4. The average Bonchev–Trinajstić information content (AvgIpc) is 2.58. The second kappa shape index (κ2) is 13.8. The summed E-state index contributed by atoms with van der Waals surface area (Å²) in [6.07, 6.45) is 2.35. The average molecular weight is 395 g/mol. The van der Waals surface area contributed by atoms with Gasteiger partial charge in [-0.25, -0.2) is 9.97 Å². The smallest absolute Gasteiger partial charge is 0.213 e. The second-order valence-electron chi connectivity index (χ2n) is 3.60. The predicted octanol–water partition coefficient (Wildman–Crippen LogP) is 3.11. The van der Waals surface area contributed by atoms with E-state index in [1.807, 2.05) is 0 Å². The van der Waals surface area contributed by atoms with Crippen LogP contribution in [0, 0.1) is 11.9 Å². The van der Waals surface area contributed by atoms with E-state index in [0.717, 1.165) is 12.3 Å². The van der Waals surface area contributed by atoms with Gasteiger partial charge < -0.3 is 19.3 Å². The molecule has 23 heavy (non-hydrogen) atoms. The van der Waals surface area contributed by atoms with Crippen molar-refractivity contribution in [3.63, 3.8) is 0 Å². The lowest BCUT2D eigenvalue weighted by Crippen LogP contribution is -1.99. The summed E-state index contributed by atoms with van der Waals surface area (Å²) in [5.41, 5.74) is 0.632. The van der Waals surface area contributed by atoms with Gasteiger partial charge in [0.25, 0.3) is 0 Å². The van der Waals surface area contributed by atoms with Gasteiger partial charge in [0.15, 0.2) is 6.79 Å². The maximum absolute atomic E-state index is 12.2. The molecule has 0 aliphatic carbocycles. The van der Waals surface area contributed by atoms with Crippen LogP contribution >= 0.6 is 15.9 Å². The molecule has 6 nitrogen and oxygen atoms in total. The lowest BCUT2D eigenvalue weighted by Gasteiger charge is -2.01. The summed E-state index contributed by atoms with van der Waals surface area (Å²) in [5.74, 6) is -0.628. The Morgan fingerprint density at radius 3 is 1.91 bits per heavy atom. The van der Waals surface area contributed by atoms with Crippen molar-refractivity contribution in [2.24, 2.45) is 0 Å². The largest absolute Gasteiger partial charge is 0.506 e. The number of hydrogen-bond donors (Lipinski definition) is 1. The number of alkyl halides is 1. The van der Waals surface area contributed by atoms with Gasteiger partial charge in [0, 0.05) is 14.2 Å². The molecule has 0 fully saturated rings. The zero-order valence-corrected chi connectivity index (χ0v) is 14.2. The van der Waals surface area contributed by atoms with E-state index < -0.39 is 11.9 Å². The Hall–Kier alpha value is -1.84. The molecule has 1 N–H and O–H groups in total. The summed E-state index contributed by atoms with van der Waals surface area (Å²) in [6.45, 7) is 0.146. The van der Waals surface area contributed by atoms with Gasteiger partial charge in [0.05, 0.1) is 12.4 Å². The standard InChI is InChI=1S/C7H8FNO2.C5H4FNO.C2H5BrO/c1-10-5-11-6-2-3-7(8)9-4-6;6-5-2-1-4(8)3-7-5;1-4-2-3/h2-4H,5H2,1H3;1-3,8H;2H2,1H3. The van der Waals surface area contributed by atoms with E-state index in [4.69, 9.17) is 9.84 Å². The maximum Gasteiger partial charge on any atom is 0.213 e. The first-order valence-corrected chi connectivity index (χ1v) is 7.24. The van der Waals surface area contributed by atoms with Crippen molar-refractivity contribution in [3.8, 4) is 11.5 Å². The maximum atomic E-state index is 12.2. The monoisotopic (exact) mass is 394 g/mol. The number of aromatic nitrogens is 2. The number of pyridine rings is 2. The molecule has 0 saturated carbocycles. The first-order chi connectivity index (χ1) is 11.0. The van der Waals surface area contributed by atoms with Crippen molar-refractivity contribution in [1.29, 1.82) is 0 Å². The number of nitrogens with zero attached hydrogens (tertiary/aromatic N) is 2. The minimum absolute atomic E-state index is 0.0219. The van der Waals surface area contributed by atoms with Crippen molar-refractivity contribution in [1.82, 2.24) is 9.97 Å². The van der Waals surface area contributed by atoms with E-state index in [2.05, 4.69) is 35.4 Å². The van der Waals surface area contributed by atoms with Crippen molar-refractivity contribution < 1.29 is 28.1 Å². The van der Waals surface area contributed by atoms with Crippen molar-refractivity contribution in [2.75, 3.05) is 26.5 Å². The Morgan fingerprint density at radius 2 is 1.57 bits per heavy atom. The Balaban J connectivity index is 0.000000354. The molecule has 2 heterocycles. The molecule has 0 radical (unpaired) electrons. The predicted molar refractivity (Wildman–Crippen MR) is 83.4 cm³/mol. The number of methoxy groups -OCH3 is 2. The van der Waals surface area contributed by atoms with E-state index in [0.29, 0.717) is 11.3 Å². The van der Waals surface area contributed by atoms with Gasteiger partial charge in [-0.3, -0.25) is 0 Å². The van der Waals surface area contributed by atoms with Crippen LogP contribution in [-0.2, 0) is 9.47 Å². The lowest BCUT2D eigenvalue weighted by molar-refractivity contribution is 0.0507. The Kier molecular flexibility index (Phi) is 12.7. The molecule has 9 heteroatoms. The van der Waals surface area contributed by atoms with E-state index in [-0.39, 0.29) is 12.5 Å². The minimum atomic E-state index is -0.581. The van der Waals surface area contributed by atoms with Crippen LogP contribution < -0.4 is 4.74 Å². The highest BCUT2D eigenvalue weighted by Gasteiger charge is 1.93. The Bertz CT molecular complexity index is 492. The SMILES string of the molecule is COCBr.COCOc1ccc(F)nc1.Oc1ccc(F)nc1. The third kappa shape index (κ3) is 12.4. The van der Waals surface area contributed by atoms with E-state index >= 15 is 0 Å². The first-order valence-electron chi connectivity index (χ1n) is 6.12. The highest BCUT2D eigenvalue weighted by Crippen LogP contribution is 2.07. The quantitative estimate of drug-likeness (QED) is 0.487. The normalized spacial score (nSPS) is 9.09. The summed E-state index contributed by atoms with van der Waals surface area (Å²) in [5, 5.41) is 8.53. The molecule has 0 saturated heterocycles. The van der Waals surface area contributed by atoms with E-state index in [1.165, 1.54) is 31.5 Å². The number of aromatic hydroxyl groups is 1. The Morgan fingerprint density at radius 1 is 1.00 bits per heavy atom. The number of halogens is 3. The molecule has 0 atom stereocenters. The molecule has 2 aromatic rings. The van der Waals surface area contributed by atoms with Gasteiger partial charge in [0.2, 0.25) is 11.9 Å². The zero-order valence-electron chi connectivity index (χ0n) is 12.6. The fourth-order valence-corrected chi connectivity index (χ4v) is 0.943. The van der Waals surface area contributed by atoms with Crippen LogP contribution in [0.15, 0.2) is 36.7 Å². The number of hydrogen-bond acceptors (Lipinski definition) is 6. The van der Waals surface area contributed by atoms with Crippen LogP contribution in [0.2, 0.25) is 0 Å². The van der Waals surface area contributed by atoms with Gasteiger partial charge in [-0.15, -0.1) is 0 Å². The van der Waals surface area contributed by atoms with Gasteiger partial charge >= 0.3 is 0 Å². The van der Waals surface area contributed by atoms with Gasteiger partial charge in [0.1, 0.15) is 17.0 Å². The van der Waals surface area contributed by atoms with Gasteiger partial charge in [-0.05, 0) is 24.3 Å². The molecule has 128 valence electrons. The molecule has 0 bridgehead atoms. The summed E-state index contributed by atoms with van der Waals surface area (Å²) < 4.78 is 38.1. The summed E-state index contributed by atoms with van der Waals surface area (Å²) in [6, 6.07) is 5.05. The zero-order chi connectivity index (χ0) is 17.5. The van der Waals surface area contributed by atoms with Crippen molar-refractivity contribution >= 4 is 15.9 Å². The molecule has 0 unspecified atom stereocenters. The second-order valence-corrected chi connectivity index (χ2v) is 4.06. The van der Waals surface area contributed by atoms with Gasteiger partial charge in [-0.1, -0.05) is 15.9 Å². The highest BCUT2D eigenvalue weighted by molar-refractivity contribution is 9.09. The van der Waals surface area contributed by atoms with Gasteiger partial charge in [-0.2, -0.15) is 8.78 Å². The fourth-order valence-electron chi connectivity index (χ4n) is 0.943. The molecule has 0 amide bonds. The molecular weight excluding hydrogens is 378 g/mol. The van der Waals surface area contributed by atoms with Crippen LogP contribution in [0.25, 0.3) is 0 Å². The fraction of sp³-hybridized carbons (Fsp3) is 0.286. The van der Waals surface area contributed by atoms with Crippen molar-refractivity contribution in [3.05, 3.63) is 48.6 Å². The summed E-state index contributed by atoms with van der Waals surface area (Å²) in [7, 11) is 3.14. The van der Waals surface area contributed by atoms with Crippen LogP contribution in [-0.4, -0.2) is 41.6 Å². The topological polar surface area (TPSA) is 73.7 Å². The third-order valence-electron chi connectivity index (χ3n) is 1.86. The lowest BCUT2D eigenvalue weighted by atomic mass is 10.5. The molecule has 0 aliphatic rings. The molecule has 2 aromatic heterocycles. The van der Waals surface area contributed by atoms with Crippen LogP contribution in [0.1, 0.15) is 0 Å². The molecule has 0 aromatic carbocycles. The van der Waals surface area contributed by atoms with Crippen LogP contribution in [0.3, 0.4) is 0 Å². The molecule has 0 spiro atoms. The summed E-state index contributed by atoms with van der Waals surface area (Å²) >= 11 is 3.03. The van der Waals surface area contributed by atoms with E-state index in [1.54, 1.807) is 7.11 Å².